The first-order valence-electron chi connectivity index (χ1n) is 8.25. The zero-order valence-electron chi connectivity index (χ0n) is 13.5. The van der Waals surface area contributed by atoms with Crippen LogP contribution >= 0.6 is 0 Å². The summed E-state index contributed by atoms with van der Waals surface area (Å²) >= 11 is 0. The van der Waals surface area contributed by atoms with Crippen molar-refractivity contribution < 1.29 is 28.5 Å². The number of carbonyl (C=O) groups excluding carboxylic acids is 1. The minimum atomic E-state index is -1.02. The normalized spacial score (nSPS) is 23.3. The molecule has 0 radical (unpaired) electrons. The molecule has 130 valence electrons. The number of nitrogens with one attached hydrogen (secondary N) is 1. The van der Waals surface area contributed by atoms with Crippen LogP contribution in [0.15, 0.2) is 30.5 Å². The second kappa shape index (κ2) is 4.63. The molecule has 2 aromatic rings. The molecule has 0 bridgehead atoms. The molecule has 0 fully saturated rings. The van der Waals surface area contributed by atoms with Crippen LogP contribution in [-0.2, 0) is 5.54 Å². The first kappa shape index (κ1) is 13.9. The van der Waals surface area contributed by atoms with Crippen molar-refractivity contribution in [2.24, 2.45) is 0 Å². The van der Waals surface area contributed by atoms with Gasteiger partial charge in [-0.3, -0.25) is 4.79 Å². The first-order valence-corrected chi connectivity index (χ1v) is 8.25. The Balaban J connectivity index is 1.54. The van der Waals surface area contributed by atoms with Crippen molar-refractivity contribution in [3.05, 3.63) is 47.2 Å². The summed E-state index contributed by atoms with van der Waals surface area (Å²) in [5, 5.41) is 3.24. The van der Waals surface area contributed by atoms with Gasteiger partial charge in [-0.2, -0.15) is 0 Å². The molecule has 0 saturated heterocycles. The fourth-order valence-electron chi connectivity index (χ4n) is 3.85. The highest BCUT2D eigenvalue weighted by Crippen LogP contribution is 2.51. The largest absolute Gasteiger partial charge is 0.486 e. The van der Waals surface area contributed by atoms with E-state index in [-0.39, 0.29) is 26.0 Å². The van der Waals surface area contributed by atoms with Crippen molar-refractivity contribution in [1.29, 1.82) is 0 Å². The Morgan fingerprint density at radius 2 is 1.69 bits per heavy atom. The van der Waals surface area contributed by atoms with Crippen LogP contribution in [0.5, 0.6) is 28.7 Å². The maximum absolute atomic E-state index is 13.6. The Bertz CT molecular complexity index is 1010. The SMILES string of the molecule is O=C1c2cc3c(cc2C=CNC12COc1c2ccc2c1OCO2)OCO3. The summed E-state index contributed by atoms with van der Waals surface area (Å²) in [6, 6.07) is 7.22. The van der Waals surface area contributed by atoms with Crippen LogP contribution in [0.1, 0.15) is 21.5 Å². The molecular weight excluding hydrogens is 338 g/mol. The van der Waals surface area contributed by atoms with Crippen molar-refractivity contribution in [2.75, 3.05) is 20.2 Å². The number of benzene rings is 2. The Hall–Kier alpha value is -3.35. The van der Waals surface area contributed by atoms with E-state index in [1.807, 2.05) is 24.3 Å². The van der Waals surface area contributed by atoms with Crippen LogP contribution in [0.4, 0.5) is 0 Å². The highest BCUT2D eigenvalue weighted by atomic mass is 16.7. The van der Waals surface area contributed by atoms with Crippen LogP contribution in [0.3, 0.4) is 0 Å². The molecule has 0 aromatic heterocycles. The smallest absolute Gasteiger partial charge is 0.231 e. The summed E-state index contributed by atoms with van der Waals surface area (Å²) in [5.41, 5.74) is 1.05. The summed E-state index contributed by atoms with van der Waals surface area (Å²) in [7, 11) is 0. The molecule has 4 aliphatic rings. The summed E-state index contributed by atoms with van der Waals surface area (Å²) in [6.45, 7) is 0.476. The number of ketones is 1. The van der Waals surface area contributed by atoms with Crippen LogP contribution in [-0.4, -0.2) is 26.0 Å². The average molecular weight is 351 g/mol. The highest BCUT2D eigenvalue weighted by Gasteiger charge is 2.50. The minimum Gasteiger partial charge on any atom is -0.486 e. The molecule has 1 unspecified atom stereocenters. The molecule has 6 rings (SSSR count). The van der Waals surface area contributed by atoms with Gasteiger partial charge in [-0.05, 0) is 42.1 Å². The van der Waals surface area contributed by atoms with E-state index in [4.69, 9.17) is 23.7 Å². The van der Waals surface area contributed by atoms with E-state index in [2.05, 4.69) is 5.32 Å². The Kier molecular flexibility index (Phi) is 2.47. The second-order valence-electron chi connectivity index (χ2n) is 6.47. The standard InChI is InChI=1S/C19H13NO6/c21-18-11-6-15-14(24-8-25-15)5-10(11)3-4-20-19(18)7-22-16-12(19)1-2-13-17(16)26-9-23-13/h1-6,20H,7-9H2. The number of carbonyl (C=O) groups is 1. The van der Waals surface area contributed by atoms with Crippen molar-refractivity contribution in [1.82, 2.24) is 5.32 Å². The fraction of sp³-hybridized carbons (Fsp3) is 0.211. The van der Waals surface area contributed by atoms with Crippen LogP contribution < -0.4 is 29.0 Å². The number of Topliss-reactive ketones (excluding diaryl/α,β-unsaturated/α-hetero) is 1. The molecular formula is C19H13NO6. The van der Waals surface area contributed by atoms with E-state index in [0.29, 0.717) is 34.3 Å². The van der Waals surface area contributed by atoms with Crippen LogP contribution in [0.25, 0.3) is 6.08 Å². The predicted molar refractivity (Wildman–Crippen MR) is 88.8 cm³/mol. The maximum Gasteiger partial charge on any atom is 0.231 e. The zero-order valence-corrected chi connectivity index (χ0v) is 13.5. The molecule has 4 heterocycles. The maximum atomic E-state index is 13.6. The lowest BCUT2D eigenvalue weighted by molar-refractivity contribution is 0.0832. The van der Waals surface area contributed by atoms with Gasteiger partial charge in [0, 0.05) is 11.1 Å². The quantitative estimate of drug-likeness (QED) is 0.780. The third-order valence-electron chi connectivity index (χ3n) is 5.16. The van der Waals surface area contributed by atoms with Gasteiger partial charge in [-0.1, -0.05) is 0 Å². The molecule has 0 amide bonds. The molecule has 0 aliphatic carbocycles. The summed E-state index contributed by atoms with van der Waals surface area (Å²) in [5.74, 6) is 2.86. The monoisotopic (exact) mass is 351 g/mol. The molecule has 1 N–H and O–H groups in total. The van der Waals surface area contributed by atoms with Crippen molar-refractivity contribution in [3.8, 4) is 28.7 Å². The highest BCUT2D eigenvalue weighted by molar-refractivity contribution is 6.08. The average Bonchev–Trinajstić information content (AvgIpc) is 3.36. The van der Waals surface area contributed by atoms with E-state index in [1.54, 1.807) is 12.3 Å². The number of fused-ring (bicyclic) bond motifs is 6. The summed E-state index contributed by atoms with van der Waals surface area (Å²) < 4.78 is 27.7. The Labute approximate surface area is 148 Å². The Morgan fingerprint density at radius 1 is 0.885 bits per heavy atom. The Morgan fingerprint density at radius 3 is 2.62 bits per heavy atom. The molecule has 7 nitrogen and oxygen atoms in total. The van der Waals surface area contributed by atoms with Crippen molar-refractivity contribution in [2.45, 2.75) is 5.54 Å². The molecule has 0 saturated carbocycles. The minimum absolute atomic E-state index is 0.0894. The van der Waals surface area contributed by atoms with E-state index >= 15 is 0 Å². The van der Waals surface area contributed by atoms with Gasteiger partial charge in [-0.15, -0.1) is 0 Å². The molecule has 4 aliphatic heterocycles. The number of rotatable bonds is 0. The lowest BCUT2D eigenvalue weighted by Crippen LogP contribution is -2.47. The number of ether oxygens (including phenoxy) is 5. The van der Waals surface area contributed by atoms with Gasteiger partial charge in [0.2, 0.25) is 19.3 Å². The van der Waals surface area contributed by atoms with Gasteiger partial charge >= 0.3 is 0 Å². The molecule has 1 atom stereocenters. The topological polar surface area (TPSA) is 75.3 Å². The van der Waals surface area contributed by atoms with Crippen LogP contribution in [0, 0.1) is 0 Å². The van der Waals surface area contributed by atoms with Crippen molar-refractivity contribution in [3.63, 3.8) is 0 Å². The third-order valence-corrected chi connectivity index (χ3v) is 5.16. The zero-order chi connectivity index (χ0) is 17.3. The van der Waals surface area contributed by atoms with Gasteiger partial charge in [0.25, 0.3) is 0 Å². The second-order valence-corrected chi connectivity index (χ2v) is 6.47. The number of hydrogen-bond acceptors (Lipinski definition) is 7. The van der Waals surface area contributed by atoms with Gasteiger partial charge in [-0.25, -0.2) is 0 Å². The number of hydrogen-bond donors (Lipinski definition) is 1. The van der Waals surface area contributed by atoms with Gasteiger partial charge < -0.3 is 29.0 Å². The summed E-state index contributed by atoms with van der Waals surface area (Å²) in [6.07, 6.45) is 3.63. The molecule has 7 heteroatoms. The molecule has 26 heavy (non-hydrogen) atoms. The lowest BCUT2D eigenvalue weighted by atomic mass is 9.83. The van der Waals surface area contributed by atoms with Gasteiger partial charge in [0.1, 0.15) is 6.61 Å². The summed E-state index contributed by atoms with van der Waals surface area (Å²) in [4.78, 5) is 13.6. The van der Waals surface area contributed by atoms with Gasteiger partial charge in [0.15, 0.2) is 34.3 Å². The van der Waals surface area contributed by atoms with E-state index in [0.717, 1.165) is 11.1 Å². The van der Waals surface area contributed by atoms with Gasteiger partial charge in [0.05, 0.1) is 0 Å². The predicted octanol–water partition coefficient (Wildman–Crippen LogP) is 2.19. The molecule has 2 aromatic carbocycles. The van der Waals surface area contributed by atoms with Crippen LogP contribution in [0.2, 0.25) is 0 Å². The van der Waals surface area contributed by atoms with E-state index in [9.17, 15) is 4.79 Å². The third kappa shape index (κ3) is 1.60. The van der Waals surface area contributed by atoms with E-state index < -0.39 is 5.54 Å². The fourth-order valence-corrected chi connectivity index (χ4v) is 3.85. The molecule has 1 spiro atoms. The lowest BCUT2D eigenvalue weighted by Gasteiger charge is -2.26. The van der Waals surface area contributed by atoms with Crippen molar-refractivity contribution >= 4 is 11.9 Å². The van der Waals surface area contributed by atoms with E-state index in [1.165, 1.54) is 0 Å². The first-order chi connectivity index (χ1) is 12.8.